The van der Waals surface area contributed by atoms with Gasteiger partial charge in [-0.15, -0.1) is 35.3 Å². The zero-order valence-corrected chi connectivity index (χ0v) is 16.1. The van der Waals surface area contributed by atoms with Gasteiger partial charge >= 0.3 is 0 Å². The van der Waals surface area contributed by atoms with Crippen molar-refractivity contribution >= 4 is 47.0 Å². The van der Waals surface area contributed by atoms with E-state index in [4.69, 9.17) is 5.73 Å². The number of hydrogen-bond acceptors (Lipinski definition) is 3. The molecule has 0 saturated heterocycles. The third-order valence-corrected chi connectivity index (χ3v) is 4.23. The second-order valence-electron chi connectivity index (χ2n) is 5.45. The quantitative estimate of drug-likeness (QED) is 0.394. The van der Waals surface area contributed by atoms with E-state index in [9.17, 15) is 5.11 Å². The van der Waals surface area contributed by atoms with Gasteiger partial charge in [0.2, 0.25) is 0 Å². The molecule has 2 rings (SSSR count). The molecule has 120 valence electrons. The van der Waals surface area contributed by atoms with Crippen LogP contribution in [0.5, 0.6) is 0 Å². The standard InChI is InChI=1S/C16H21N3OS.HI/c1-11-7-12(2)9-13(8-11)19-15(17)18-10-16(3,20)14-5-4-6-21-14;/h4-9,20H,10H2,1-3H3,(H3,17,18,19);1H. The fourth-order valence-corrected chi connectivity index (χ4v) is 2.92. The second kappa shape index (κ2) is 7.94. The van der Waals surface area contributed by atoms with Crippen LogP contribution in [0.15, 0.2) is 40.7 Å². The lowest BCUT2D eigenvalue weighted by molar-refractivity contribution is 0.0713. The minimum atomic E-state index is -0.997. The number of guanidine groups is 1. The lowest BCUT2D eigenvalue weighted by Gasteiger charge is -2.19. The van der Waals surface area contributed by atoms with Gasteiger partial charge in [-0.3, -0.25) is 0 Å². The molecule has 0 fully saturated rings. The molecule has 0 aliphatic rings. The first-order chi connectivity index (χ1) is 9.87. The fourth-order valence-electron chi connectivity index (χ4n) is 2.14. The Morgan fingerprint density at radius 3 is 2.50 bits per heavy atom. The van der Waals surface area contributed by atoms with Gasteiger partial charge in [0.05, 0.1) is 6.54 Å². The first-order valence-electron chi connectivity index (χ1n) is 6.78. The van der Waals surface area contributed by atoms with Gasteiger partial charge in [0.15, 0.2) is 5.96 Å². The highest BCUT2D eigenvalue weighted by Gasteiger charge is 2.23. The first-order valence-corrected chi connectivity index (χ1v) is 7.66. The van der Waals surface area contributed by atoms with Crippen LogP contribution in [0.25, 0.3) is 0 Å². The number of nitrogens with one attached hydrogen (secondary N) is 1. The van der Waals surface area contributed by atoms with Crippen molar-refractivity contribution in [2.24, 2.45) is 10.7 Å². The summed E-state index contributed by atoms with van der Waals surface area (Å²) in [5.74, 6) is 0.303. The van der Waals surface area contributed by atoms with Gasteiger partial charge in [-0.25, -0.2) is 4.99 Å². The van der Waals surface area contributed by atoms with Crippen LogP contribution in [0, 0.1) is 13.8 Å². The van der Waals surface area contributed by atoms with E-state index in [1.54, 1.807) is 6.92 Å². The maximum absolute atomic E-state index is 10.4. The van der Waals surface area contributed by atoms with E-state index in [0.717, 1.165) is 21.7 Å². The number of benzene rings is 1. The number of thiophene rings is 1. The molecule has 0 saturated carbocycles. The molecule has 4 nitrogen and oxygen atoms in total. The molecule has 1 atom stereocenters. The van der Waals surface area contributed by atoms with Gasteiger partial charge in [-0.05, 0) is 55.5 Å². The van der Waals surface area contributed by atoms with Crippen molar-refractivity contribution in [1.82, 2.24) is 0 Å². The highest BCUT2D eigenvalue weighted by molar-refractivity contribution is 14.0. The smallest absolute Gasteiger partial charge is 0.193 e. The summed E-state index contributed by atoms with van der Waals surface area (Å²) in [6.07, 6.45) is 0. The Morgan fingerprint density at radius 1 is 1.32 bits per heavy atom. The fraction of sp³-hybridized carbons (Fsp3) is 0.312. The van der Waals surface area contributed by atoms with Gasteiger partial charge in [-0.2, -0.15) is 0 Å². The van der Waals surface area contributed by atoms with Crippen LogP contribution < -0.4 is 11.1 Å². The summed E-state index contributed by atoms with van der Waals surface area (Å²) in [6.45, 7) is 6.03. The zero-order chi connectivity index (χ0) is 15.5. The molecule has 0 spiro atoms. The van der Waals surface area contributed by atoms with E-state index in [1.165, 1.54) is 11.3 Å². The Bertz CT molecular complexity index is 619. The number of rotatable bonds is 4. The number of aliphatic imine (C=N–C) groups is 1. The van der Waals surface area contributed by atoms with Crippen molar-refractivity contribution in [3.05, 3.63) is 51.7 Å². The molecule has 2 aromatic rings. The Morgan fingerprint density at radius 2 is 1.95 bits per heavy atom. The van der Waals surface area contributed by atoms with Crippen molar-refractivity contribution in [1.29, 1.82) is 0 Å². The summed E-state index contributed by atoms with van der Waals surface area (Å²) in [7, 11) is 0. The number of aliphatic hydroxyl groups is 1. The average Bonchev–Trinajstić information content (AvgIpc) is 2.89. The number of aryl methyl sites for hydroxylation is 2. The SMILES string of the molecule is Cc1cc(C)cc(NC(N)=NCC(C)(O)c2cccs2)c1.I. The summed E-state index contributed by atoms with van der Waals surface area (Å²) in [6, 6.07) is 9.92. The lowest BCUT2D eigenvalue weighted by atomic mass is 10.1. The molecule has 0 radical (unpaired) electrons. The average molecular weight is 431 g/mol. The van der Waals surface area contributed by atoms with Gasteiger partial charge in [-0.1, -0.05) is 12.1 Å². The summed E-state index contributed by atoms with van der Waals surface area (Å²) >= 11 is 1.51. The van der Waals surface area contributed by atoms with Crippen LogP contribution in [0.4, 0.5) is 5.69 Å². The van der Waals surface area contributed by atoms with Crippen LogP contribution in [-0.4, -0.2) is 17.6 Å². The summed E-state index contributed by atoms with van der Waals surface area (Å²) in [4.78, 5) is 5.13. The van der Waals surface area contributed by atoms with Crippen LogP contribution in [-0.2, 0) is 5.60 Å². The zero-order valence-electron chi connectivity index (χ0n) is 13.0. The predicted molar refractivity (Wildman–Crippen MR) is 105 cm³/mol. The lowest BCUT2D eigenvalue weighted by Crippen LogP contribution is -2.29. The first kappa shape index (κ1) is 18.9. The van der Waals surface area contributed by atoms with Crippen LogP contribution >= 0.6 is 35.3 Å². The topological polar surface area (TPSA) is 70.6 Å². The molecule has 1 unspecified atom stereocenters. The molecule has 1 heterocycles. The highest BCUT2D eigenvalue weighted by Crippen LogP contribution is 2.25. The molecule has 1 aromatic carbocycles. The van der Waals surface area contributed by atoms with E-state index in [2.05, 4.69) is 16.4 Å². The molecule has 22 heavy (non-hydrogen) atoms. The maximum atomic E-state index is 10.4. The molecule has 0 bridgehead atoms. The molecule has 1 aromatic heterocycles. The molecular weight excluding hydrogens is 409 g/mol. The number of anilines is 1. The Kier molecular flexibility index (Phi) is 6.83. The molecule has 4 N–H and O–H groups in total. The Balaban J connectivity index is 0.00000242. The molecule has 0 aliphatic carbocycles. The van der Waals surface area contributed by atoms with Crippen LogP contribution in [0.1, 0.15) is 22.9 Å². The largest absolute Gasteiger partial charge is 0.383 e. The van der Waals surface area contributed by atoms with Crippen molar-refractivity contribution in [2.75, 3.05) is 11.9 Å². The van der Waals surface area contributed by atoms with E-state index in [1.807, 2.05) is 43.5 Å². The van der Waals surface area contributed by atoms with E-state index in [0.29, 0.717) is 5.96 Å². The third-order valence-electron chi connectivity index (χ3n) is 3.10. The molecule has 0 amide bonds. The van der Waals surface area contributed by atoms with Crippen molar-refractivity contribution in [3.8, 4) is 0 Å². The van der Waals surface area contributed by atoms with E-state index >= 15 is 0 Å². The molecule has 6 heteroatoms. The minimum absolute atomic E-state index is 0. The van der Waals surface area contributed by atoms with Crippen LogP contribution in [0.2, 0.25) is 0 Å². The van der Waals surface area contributed by atoms with Gasteiger partial charge in [0.1, 0.15) is 5.60 Å². The Labute approximate surface area is 152 Å². The van der Waals surface area contributed by atoms with Gasteiger partial charge < -0.3 is 16.2 Å². The monoisotopic (exact) mass is 431 g/mol. The van der Waals surface area contributed by atoms with E-state index < -0.39 is 5.60 Å². The normalized spacial score (nSPS) is 14.1. The van der Waals surface area contributed by atoms with Gasteiger partial charge in [0, 0.05) is 10.6 Å². The number of halogens is 1. The summed E-state index contributed by atoms with van der Waals surface area (Å²) in [5.41, 5.74) is 8.13. The number of hydrogen-bond donors (Lipinski definition) is 3. The van der Waals surface area contributed by atoms with E-state index in [-0.39, 0.29) is 30.5 Å². The third kappa shape index (κ3) is 5.26. The maximum Gasteiger partial charge on any atom is 0.193 e. The number of nitrogens with zero attached hydrogens (tertiary/aromatic N) is 1. The van der Waals surface area contributed by atoms with Crippen molar-refractivity contribution < 1.29 is 5.11 Å². The Hall–Kier alpha value is -1.12. The highest BCUT2D eigenvalue weighted by atomic mass is 127. The summed E-state index contributed by atoms with van der Waals surface area (Å²) in [5, 5.41) is 15.4. The molecular formula is C16H22IN3OS. The second-order valence-corrected chi connectivity index (χ2v) is 6.40. The van der Waals surface area contributed by atoms with Crippen molar-refractivity contribution in [2.45, 2.75) is 26.4 Å². The van der Waals surface area contributed by atoms with Gasteiger partial charge in [0.25, 0.3) is 0 Å². The number of nitrogens with two attached hydrogens (primary N) is 1. The summed E-state index contributed by atoms with van der Waals surface area (Å²) < 4.78 is 0. The van der Waals surface area contributed by atoms with Crippen molar-refractivity contribution in [3.63, 3.8) is 0 Å². The minimum Gasteiger partial charge on any atom is -0.383 e. The predicted octanol–water partition coefficient (Wildman–Crippen LogP) is 3.62. The van der Waals surface area contributed by atoms with Crippen LogP contribution in [0.3, 0.4) is 0 Å². The molecule has 0 aliphatic heterocycles.